The fourth-order valence-electron chi connectivity index (χ4n) is 6.40. The molecule has 0 aromatic heterocycles. The first kappa shape index (κ1) is 20.0. The molecule has 1 aromatic rings. The van der Waals surface area contributed by atoms with E-state index in [0.29, 0.717) is 5.92 Å². The number of rotatable bonds is 3. The van der Waals surface area contributed by atoms with Crippen molar-refractivity contribution in [3.8, 4) is 0 Å². The molecule has 3 nitrogen and oxygen atoms in total. The van der Waals surface area contributed by atoms with Crippen LogP contribution in [0.5, 0.6) is 0 Å². The molecular formula is C26H32FNO2. The number of halogens is 1. The van der Waals surface area contributed by atoms with Gasteiger partial charge >= 0.3 is 5.97 Å². The summed E-state index contributed by atoms with van der Waals surface area (Å²) in [6, 6.07) is 6.76. The summed E-state index contributed by atoms with van der Waals surface area (Å²) in [7, 11) is 0. The monoisotopic (exact) mass is 409 g/mol. The molecule has 0 spiro atoms. The summed E-state index contributed by atoms with van der Waals surface area (Å²) in [6.07, 6.45) is 9.01. The Hall–Kier alpha value is -1.94. The maximum Gasteiger partial charge on any atom is 0.310 e. The third-order valence-corrected chi connectivity index (χ3v) is 8.14. The van der Waals surface area contributed by atoms with Gasteiger partial charge in [-0.3, -0.25) is 9.69 Å². The molecule has 1 aromatic carbocycles. The molecule has 4 atom stereocenters. The Morgan fingerprint density at radius 1 is 1.23 bits per heavy atom. The summed E-state index contributed by atoms with van der Waals surface area (Å²) >= 11 is 0. The van der Waals surface area contributed by atoms with Gasteiger partial charge in [0.25, 0.3) is 0 Å². The van der Waals surface area contributed by atoms with Gasteiger partial charge in [-0.1, -0.05) is 36.3 Å². The van der Waals surface area contributed by atoms with E-state index in [1.165, 1.54) is 37.0 Å². The lowest BCUT2D eigenvalue weighted by Crippen LogP contribution is -2.42. The lowest BCUT2D eigenvalue weighted by Gasteiger charge is -2.46. The first-order chi connectivity index (χ1) is 14.4. The van der Waals surface area contributed by atoms with E-state index in [1.54, 1.807) is 11.1 Å². The van der Waals surface area contributed by atoms with Gasteiger partial charge < -0.3 is 4.74 Å². The molecule has 4 heteroatoms. The molecule has 4 aliphatic rings. The van der Waals surface area contributed by atoms with Crippen LogP contribution in [0.1, 0.15) is 57.9 Å². The van der Waals surface area contributed by atoms with Gasteiger partial charge in [-0.15, -0.1) is 0 Å². The number of nitrogens with zero attached hydrogens (tertiary/aromatic N) is 1. The first-order valence-corrected chi connectivity index (χ1v) is 11.5. The normalized spacial score (nSPS) is 34.3. The van der Waals surface area contributed by atoms with Gasteiger partial charge in [-0.05, 0) is 74.1 Å². The highest BCUT2D eigenvalue weighted by molar-refractivity contribution is 5.76. The lowest BCUT2D eigenvalue weighted by molar-refractivity contribution is -0.145. The van der Waals surface area contributed by atoms with Crippen molar-refractivity contribution in [2.75, 3.05) is 19.6 Å². The van der Waals surface area contributed by atoms with Crippen LogP contribution in [0.2, 0.25) is 0 Å². The van der Waals surface area contributed by atoms with Crippen LogP contribution >= 0.6 is 0 Å². The Bertz CT molecular complexity index is 902. The van der Waals surface area contributed by atoms with Crippen LogP contribution in [0.4, 0.5) is 4.39 Å². The van der Waals surface area contributed by atoms with Crippen LogP contribution in [0, 0.1) is 23.1 Å². The average Bonchev–Trinajstić information content (AvgIpc) is 3.01. The van der Waals surface area contributed by atoms with Crippen molar-refractivity contribution >= 4 is 11.5 Å². The molecule has 1 saturated heterocycles. The second kappa shape index (κ2) is 7.64. The predicted octanol–water partition coefficient (Wildman–Crippen LogP) is 5.37. The summed E-state index contributed by atoms with van der Waals surface area (Å²) in [5.74, 6) is 0.135. The van der Waals surface area contributed by atoms with Gasteiger partial charge in [0.15, 0.2) is 0 Å². The van der Waals surface area contributed by atoms with Crippen LogP contribution in [-0.2, 0) is 9.53 Å². The molecule has 2 aliphatic carbocycles. The van der Waals surface area contributed by atoms with Gasteiger partial charge in [0.2, 0.25) is 0 Å². The number of carbonyl (C=O) groups is 1. The topological polar surface area (TPSA) is 29.5 Å². The van der Waals surface area contributed by atoms with Crippen LogP contribution in [0.25, 0.3) is 5.57 Å². The maximum absolute atomic E-state index is 13.2. The molecule has 2 fully saturated rings. The second-order valence-corrected chi connectivity index (χ2v) is 10.1. The standard InChI is InChI=1S/C26H32FNO2/c1-17-4-3-11-26(2)15-24-21(14-23(17)26)22(25(29)30-24)16-28-12-9-19(10-13-28)18-5-7-20(27)8-6-18/h5-9,21-22,24H,3-4,10-16H2,1-2H3/t21-,22+,24-,26-/m1/s1. The molecule has 0 amide bonds. The van der Waals surface area contributed by atoms with Crippen molar-refractivity contribution in [2.24, 2.45) is 17.3 Å². The number of ether oxygens (including phenoxy) is 1. The number of hydrogen-bond acceptors (Lipinski definition) is 3. The Balaban J connectivity index is 1.28. The molecule has 2 aliphatic heterocycles. The van der Waals surface area contributed by atoms with Gasteiger partial charge in [0.1, 0.15) is 11.9 Å². The molecule has 0 bridgehead atoms. The Labute approximate surface area is 179 Å². The molecule has 0 N–H and O–H groups in total. The maximum atomic E-state index is 13.2. The van der Waals surface area contributed by atoms with Crippen molar-refractivity contribution in [3.63, 3.8) is 0 Å². The fraction of sp³-hybridized carbons (Fsp3) is 0.577. The molecule has 1 saturated carbocycles. The summed E-state index contributed by atoms with van der Waals surface area (Å²) in [6.45, 7) is 7.24. The highest BCUT2D eigenvalue weighted by atomic mass is 19.1. The summed E-state index contributed by atoms with van der Waals surface area (Å²) < 4.78 is 19.1. The molecule has 30 heavy (non-hydrogen) atoms. The number of benzene rings is 1. The third-order valence-electron chi connectivity index (χ3n) is 8.14. The number of fused-ring (bicyclic) bond motifs is 2. The molecule has 5 rings (SSSR count). The summed E-state index contributed by atoms with van der Waals surface area (Å²) in [5, 5.41) is 0. The van der Waals surface area contributed by atoms with E-state index in [0.717, 1.165) is 44.5 Å². The Kier molecular flexibility index (Phi) is 5.09. The van der Waals surface area contributed by atoms with Crippen molar-refractivity contribution in [1.82, 2.24) is 4.90 Å². The van der Waals surface area contributed by atoms with Crippen LogP contribution < -0.4 is 0 Å². The van der Waals surface area contributed by atoms with Gasteiger partial charge in [-0.25, -0.2) is 4.39 Å². The Morgan fingerprint density at radius 2 is 2.03 bits per heavy atom. The van der Waals surface area contributed by atoms with Crippen molar-refractivity contribution in [3.05, 3.63) is 52.9 Å². The van der Waals surface area contributed by atoms with E-state index in [2.05, 4.69) is 24.8 Å². The summed E-state index contributed by atoms with van der Waals surface area (Å²) in [5.41, 5.74) is 5.79. The summed E-state index contributed by atoms with van der Waals surface area (Å²) in [4.78, 5) is 15.2. The van der Waals surface area contributed by atoms with Crippen molar-refractivity contribution in [1.29, 1.82) is 0 Å². The quantitative estimate of drug-likeness (QED) is 0.496. The van der Waals surface area contributed by atoms with Crippen LogP contribution in [0.15, 0.2) is 41.5 Å². The van der Waals surface area contributed by atoms with Gasteiger partial charge in [0, 0.05) is 25.6 Å². The van der Waals surface area contributed by atoms with Gasteiger partial charge in [0.05, 0.1) is 5.92 Å². The molecule has 0 unspecified atom stereocenters. The predicted molar refractivity (Wildman–Crippen MR) is 116 cm³/mol. The average molecular weight is 410 g/mol. The SMILES string of the molecule is CC1=C2C[C@@H]3[C@H](CN4CC=C(c5ccc(F)cc5)CC4)C(=O)O[C@@H]3C[C@@]2(C)CCC1. The van der Waals surface area contributed by atoms with Crippen molar-refractivity contribution < 1.29 is 13.9 Å². The third kappa shape index (κ3) is 3.53. The van der Waals surface area contributed by atoms with E-state index < -0.39 is 0 Å². The van der Waals surface area contributed by atoms with E-state index in [1.807, 2.05) is 12.1 Å². The number of hydrogen-bond donors (Lipinski definition) is 0. The minimum Gasteiger partial charge on any atom is -0.462 e. The van der Waals surface area contributed by atoms with Crippen LogP contribution in [-0.4, -0.2) is 36.6 Å². The highest BCUT2D eigenvalue weighted by Gasteiger charge is 2.53. The largest absolute Gasteiger partial charge is 0.462 e. The zero-order valence-electron chi connectivity index (χ0n) is 18.1. The second-order valence-electron chi connectivity index (χ2n) is 10.1. The van der Waals surface area contributed by atoms with E-state index in [9.17, 15) is 9.18 Å². The van der Waals surface area contributed by atoms with Crippen LogP contribution in [0.3, 0.4) is 0 Å². The zero-order chi connectivity index (χ0) is 20.9. The Morgan fingerprint density at radius 3 is 2.77 bits per heavy atom. The molecule has 160 valence electrons. The van der Waals surface area contributed by atoms with Gasteiger partial charge in [-0.2, -0.15) is 0 Å². The minimum absolute atomic E-state index is 0.0115. The molecule has 0 radical (unpaired) electrons. The smallest absolute Gasteiger partial charge is 0.310 e. The molecular weight excluding hydrogens is 377 g/mol. The number of carbonyl (C=O) groups excluding carboxylic acids is 1. The lowest BCUT2D eigenvalue weighted by atomic mass is 9.59. The first-order valence-electron chi connectivity index (χ1n) is 11.5. The van der Waals surface area contributed by atoms with Crippen molar-refractivity contribution in [2.45, 2.75) is 58.5 Å². The van der Waals surface area contributed by atoms with E-state index >= 15 is 0 Å². The zero-order valence-corrected chi connectivity index (χ0v) is 18.1. The number of esters is 1. The fourth-order valence-corrected chi connectivity index (χ4v) is 6.40. The molecule has 2 heterocycles. The number of allylic oxidation sites excluding steroid dienone is 2. The van der Waals surface area contributed by atoms with E-state index in [4.69, 9.17) is 4.74 Å². The highest BCUT2D eigenvalue weighted by Crippen LogP contribution is 2.55. The van der Waals surface area contributed by atoms with E-state index in [-0.39, 0.29) is 29.2 Å². The minimum atomic E-state index is -0.196.